The number of hydrogen-bond donors (Lipinski definition) is 1. The summed E-state index contributed by atoms with van der Waals surface area (Å²) in [6, 6.07) is 4.14. The van der Waals surface area contributed by atoms with Gasteiger partial charge in [-0.05, 0) is 31.0 Å². The molecular formula is C17H25NO3. The van der Waals surface area contributed by atoms with Crippen LogP contribution in [0.2, 0.25) is 0 Å². The Morgan fingerprint density at radius 2 is 1.86 bits per heavy atom. The lowest BCUT2D eigenvalue weighted by Crippen LogP contribution is -2.56. The second-order valence-electron chi connectivity index (χ2n) is 6.84. The van der Waals surface area contributed by atoms with Crippen LogP contribution in [0.4, 0.5) is 0 Å². The molecule has 4 heteroatoms. The van der Waals surface area contributed by atoms with Gasteiger partial charge < -0.3 is 14.6 Å². The Balaban J connectivity index is 2.00. The van der Waals surface area contributed by atoms with Gasteiger partial charge in [-0.3, -0.25) is 4.90 Å². The van der Waals surface area contributed by atoms with Crippen molar-refractivity contribution in [2.75, 3.05) is 26.3 Å². The van der Waals surface area contributed by atoms with Gasteiger partial charge in [0, 0.05) is 24.1 Å². The van der Waals surface area contributed by atoms with Gasteiger partial charge in [0.15, 0.2) is 6.23 Å². The Kier molecular flexibility index (Phi) is 3.72. The van der Waals surface area contributed by atoms with E-state index in [1.54, 1.807) is 0 Å². The van der Waals surface area contributed by atoms with Crippen LogP contribution in [-0.4, -0.2) is 42.5 Å². The van der Waals surface area contributed by atoms with Gasteiger partial charge in [0.05, 0.1) is 19.3 Å². The minimum Gasteiger partial charge on any atom is -0.474 e. The largest absolute Gasteiger partial charge is 0.474 e. The number of morpholine rings is 1. The molecule has 0 aliphatic carbocycles. The first-order valence-electron chi connectivity index (χ1n) is 7.69. The van der Waals surface area contributed by atoms with Gasteiger partial charge >= 0.3 is 0 Å². The lowest BCUT2D eigenvalue weighted by molar-refractivity contribution is -0.150. The number of aliphatic hydroxyl groups is 1. The first kappa shape index (κ1) is 14.8. The van der Waals surface area contributed by atoms with Gasteiger partial charge in [0.2, 0.25) is 0 Å². The molecule has 1 aromatic rings. The molecule has 0 radical (unpaired) electrons. The van der Waals surface area contributed by atoms with Crippen molar-refractivity contribution in [1.82, 2.24) is 4.90 Å². The zero-order valence-electron chi connectivity index (χ0n) is 13.3. The molecular weight excluding hydrogens is 266 g/mol. The van der Waals surface area contributed by atoms with Crippen LogP contribution in [0.5, 0.6) is 5.75 Å². The fourth-order valence-electron chi connectivity index (χ4n) is 3.52. The summed E-state index contributed by atoms with van der Waals surface area (Å²) in [4.78, 5) is 2.29. The average Bonchev–Trinajstić information content (AvgIpc) is 2.43. The van der Waals surface area contributed by atoms with Crippen LogP contribution in [0.25, 0.3) is 0 Å². The molecule has 2 aliphatic heterocycles. The van der Waals surface area contributed by atoms with Gasteiger partial charge in [-0.25, -0.2) is 0 Å². The maximum atomic E-state index is 10.9. The Bertz CT molecular complexity index is 535. The highest BCUT2D eigenvalue weighted by atomic mass is 16.5. The highest BCUT2D eigenvalue weighted by Crippen LogP contribution is 2.48. The summed E-state index contributed by atoms with van der Waals surface area (Å²) >= 11 is 0. The fourth-order valence-corrected chi connectivity index (χ4v) is 3.52. The molecule has 0 saturated carbocycles. The molecule has 1 saturated heterocycles. The zero-order valence-corrected chi connectivity index (χ0v) is 13.3. The van der Waals surface area contributed by atoms with E-state index in [4.69, 9.17) is 9.47 Å². The van der Waals surface area contributed by atoms with Crippen molar-refractivity contribution >= 4 is 0 Å². The predicted octanol–water partition coefficient (Wildman–Crippen LogP) is 2.41. The van der Waals surface area contributed by atoms with Crippen LogP contribution in [0.3, 0.4) is 0 Å². The highest BCUT2D eigenvalue weighted by Gasteiger charge is 2.47. The number of rotatable bonds is 1. The Morgan fingerprint density at radius 3 is 2.52 bits per heavy atom. The molecule has 1 N–H and O–H groups in total. The molecule has 4 nitrogen and oxygen atoms in total. The third kappa shape index (κ3) is 2.45. The standard InChI is InChI=1S/C17H25NO3/c1-11-9-12(2)14-13(10-11)21-16(17(3,4)15(14)19)18-5-7-20-8-6-18/h9-10,15-16,19H,5-8H2,1-4H3/t15-,16-/m0/s1. The van der Waals surface area contributed by atoms with Crippen LogP contribution in [0.1, 0.15) is 36.6 Å². The average molecular weight is 291 g/mol. The predicted molar refractivity (Wildman–Crippen MR) is 81.5 cm³/mol. The Labute approximate surface area is 126 Å². The van der Waals surface area contributed by atoms with Crippen molar-refractivity contribution in [2.24, 2.45) is 5.41 Å². The Hall–Kier alpha value is -1.10. The smallest absolute Gasteiger partial charge is 0.160 e. The van der Waals surface area contributed by atoms with Gasteiger partial charge in [-0.1, -0.05) is 19.9 Å². The molecule has 2 heterocycles. The number of aliphatic hydroxyl groups excluding tert-OH is 1. The lowest BCUT2D eigenvalue weighted by atomic mass is 9.76. The summed E-state index contributed by atoms with van der Waals surface area (Å²) in [7, 11) is 0. The van der Waals surface area contributed by atoms with E-state index in [0.29, 0.717) is 0 Å². The van der Waals surface area contributed by atoms with Crippen molar-refractivity contribution in [3.63, 3.8) is 0 Å². The van der Waals surface area contributed by atoms with Gasteiger partial charge in [-0.15, -0.1) is 0 Å². The minimum atomic E-state index is -0.519. The zero-order chi connectivity index (χ0) is 15.2. The lowest BCUT2D eigenvalue weighted by Gasteiger charge is -2.49. The van der Waals surface area contributed by atoms with E-state index in [0.717, 1.165) is 43.2 Å². The molecule has 2 aliphatic rings. The number of nitrogens with zero attached hydrogens (tertiary/aromatic N) is 1. The van der Waals surface area contributed by atoms with Crippen LogP contribution in [-0.2, 0) is 4.74 Å². The number of benzene rings is 1. The third-order valence-electron chi connectivity index (χ3n) is 4.72. The molecule has 0 amide bonds. The van der Waals surface area contributed by atoms with E-state index in [9.17, 15) is 5.11 Å². The van der Waals surface area contributed by atoms with Crippen LogP contribution in [0, 0.1) is 19.3 Å². The van der Waals surface area contributed by atoms with E-state index in [1.165, 1.54) is 5.56 Å². The summed E-state index contributed by atoms with van der Waals surface area (Å²) in [6.45, 7) is 11.4. The third-order valence-corrected chi connectivity index (χ3v) is 4.72. The van der Waals surface area contributed by atoms with Crippen molar-refractivity contribution < 1.29 is 14.6 Å². The van der Waals surface area contributed by atoms with Gasteiger partial charge in [0.25, 0.3) is 0 Å². The van der Waals surface area contributed by atoms with E-state index in [2.05, 4.69) is 31.7 Å². The molecule has 2 atom stereocenters. The van der Waals surface area contributed by atoms with Gasteiger partial charge in [-0.2, -0.15) is 0 Å². The molecule has 3 rings (SSSR count). The van der Waals surface area contributed by atoms with E-state index < -0.39 is 6.10 Å². The van der Waals surface area contributed by atoms with E-state index >= 15 is 0 Å². The van der Waals surface area contributed by atoms with Crippen molar-refractivity contribution in [1.29, 1.82) is 0 Å². The van der Waals surface area contributed by atoms with Crippen LogP contribution >= 0.6 is 0 Å². The molecule has 1 aromatic carbocycles. The quantitative estimate of drug-likeness (QED) is 0.863. The van der Waals surface area contributed by atoms with Crippen LogP contribution < -0.4 is 4.74 Å². The summed E-state index contributed by atoms with van der Waals surface area (Å²) in [6.07, 6.45) is -0.639. The first-order chi connectivity index (χ1) is 9.91. The number of hydrogen-bond acceptors (Lipinski definition) is 4. The maximum absolute atomic E-state index is 10.9. The summed E-state index contributed by atoms with van der Waals surface area (Å²) in [5.74, 6) is 0.829. The summed E-state index contributed by atoms with van der Waals surface area (Å²) < 4.78 is 11.8. The molecule has 21 heavy (non-hydrogen) atoms. The second kappa shape index (κ2) is 5.27. The normalized spacial score (nSPS) is 28.8. The van der Waals surface area contributed by atoms with Crippen LogP contribution in [0.15, 0.2) is 12.1 Å². The van der Waals surface area contributed by atoms with E-state index in [-0.39, 0.29) is 11.6 Å². The highest BCUT2D eigenvalue weighted by molar-refractivity contribution is 5.46. The molecule has 0 bridgehead atoms. The topological polar surface area (TPSA) is 41.9 Å². The number of fused-ring (bicyclic) bond motifs is 1. The van der Waals surface area contributed by atoms with Crippen molar-refractivity contribution in [3.05, 3.63) is 28.8 Å². The summed E-state index contributed by atoms with van der Waals surface area (Å²) in [5, 5.41) is 10.9. The maximum Gasteiger partial charge on any atom is 0.160 e. The summed E-state index contributed by atoms with van der Waals surface area (Å²) in [5.41, 5.74) is 2.85. The fraction of sp³-hybridized carbons (Fsp3) is 0.647. The van der Waals surface area contributed by atoms with Crippen molar-refractivity contribution in [3.8, 4) is 5.75 Å². The SMILES string of the molecule is Cc1cc(C)c2c(c1)O[C@H](N1CCOCC1)C(C)(C)[C@H]2O. The molecule has 0 spiro atoms. The number of aryl methyl sites for hydroxylation is 2. The van der Waals surface area contributed by atoms with E-state index in [1.807, 2.05) is 13.0 Å². The molecule has 116 valence electrons. The first-order valence-corrected chi connectivity index (χ1v) is 7.69. The molecule has 0 aromatic heterocycles. The molecule has 1 fully saturated rings. The number of ether oxygens (including phenoxy) is 2. The molecule has 0 unspecified atom stereocenters. The second-order valence-corrected chi connectivity index (χ2v) is 6.84. The minimum absolute atomic E-state index is 0.120. The Morgan fingerprint density at radius 1 is 1.19 bits per heavy atom. The monoisotopic (exact) mass is 291 g/mol. The van der Waals surface area contributed by atoms with Gasteiger partial charge in [0.1, 0.15) is 5.75 Å². The van der Waals surface area contributed by atoms with Crippen molar-refractivity contribution in [2.45, 2.75) is 40.0 Å².